The molecule has 3 N–H and O–H groups in total. The van der Waals surface area contributed by atoms with Gasteiger partial charge in [-0.25, -0.2) is 0 Å². The summed E-state index contributed by atoms with van der Waals surface area (Å²) in [5.74, 6) is 1.17. The first-order valence-electron chi connectivity index (χ1n) is 8.56. The maximum atomic E-state index is 9.99. The van der Waals surface area contributed by atoms with Crippen molar-refractivity contribution in [2.45, 2.75) is 31.8 Å². The lowest BCUT2D eigenvalue weighted by molar-refractivity contribution is -0.0503. The van der Waals surface area contributed by atoms with Gasteiger partial charge < -0.3 is 15.2 Å². The fourth-order valence-corrected chi connectivity index (χ4v) is 5.35. The number of H-pyrrole nitrogens is 1. The van der Waals surface area contributed by atoms with Gasteiger partial charge in [0.1, 0.15) is 5.75 Å². The molecule has 2 unspecified atom stereocenters. The molecule has 3 fully saturated rings. The molecule has 6 rings (SSSR count). The van der Waals surface area contributed by atoms with Crippen LogP contribution in [-0.2, 0) is 6.42 Å². The Labute approximate surface area is 135 Å². The molecule has 5 atom stereocenters. The Kier molecular flexibility index (Phi) is 2.74. The van der Waals surface area contributed by atoms with Gasteiger partial charge in [0.2, 0.25) is 0 Å². The lowest BCUT2D eigenvalue weighted by Gasteiger charge is -2.58. The molecule has 0 spiro atoms. The number of aromatic nitrogens is 1. The molecule has 23 heavy (non-hydrogen) atoms. The van der Waals surface area contributed by atoms with Gasteiger partial charge in [-0.3, -0.25) is 4.90 Å². The number of nitrogens with zero attached hydrogens (tertiary/aromatic N) is 1. The highest BCUT2D eigenvalue weighted by molar-refractivity contribution is 5.86. The summed E-state index contributed by atoms with van der Waals surface area (Å²) in [5, 5.41) is 21.0. The molecule has 1 aromatic carbocycles. The topological polar surface area (TPSA) is 59.5 Å². The van der Waals surface area contributed by atoms with Crippen LogP contribution in [0.1, 0.15) is 30.6 Å². The number of aliphatic hydroxyl groups is 1. The van der Waals surface area contributed by atoms with Gasteiger partial charge >= 0.3 is 0 Å². The minimum Gasteiger partial charge on any atom is -0.508 e. The summed E-state index contributed by atoms with van der Waals surface area (Å²) < 4.78 is 0. The van der Waals surface area contributed by atoms with Crippen LogP contribution in [0.2, 0.25) is 0 Å². The summed E-state index contributed by atoms with van der Waals surface area (Å²) in [6, 6.07) is 6.44. The van der Waals surface area contributed by atoms with Gasteiger partial charge in [0.05, 0.1) is 6.04 Å². The molecule has 4 bridgehead atoms. The van der Waals surface area contributed by atoms with Crippen molar-refractivity contribution in [1.82, 2.24) is 9.88 Å². The number of allylic oxidation sites excluding steroid dienone is 1. The summed E-state index contributed by atoms with van der Waals surface area (Å²) in [5.41, 5.74) is 5.29. The third-order valence-corrected chi connectivity index (χ3v) is 6.41. The quantitative estimate of drug-likeness (QED) is 0.710. The van der Waals surface area contributed by atoms with Gasteiger partial charge in [-0.1, -0.05) is 11.6 Å². The lowest BCUT2D eigenvalue weighted by atomic mass is 9.64. The zero-order chi connectivity index (χ0) is 15.7. The highest BCUT2D eigenvalue weighted by atomic mass is 16.3. The molecular weight excluding hydrogens is 288 g/mol. The molecule has 5 heterocycles. The maximum absolute atomic E-state index is 9.99. The van der Waals surface area contributed by atoms with Crippen LogP contribution in [0.25, 0.3) is 10.9 Å². The highest BCUT2D eigenvalue weighted by Crippen LogP contribution is 2.54. The number of hydrogen-bond acceptors (Lipinski definition) is 3. The van der Waals surface area contributed by atoms with E-state index in [0.717, 1.165) is 30.3 Å². The van der Waals surface area contributed by atoms with Crippen molar-refractivity contribution in [1.29, 1.82) is 0 Å². The Morgan fingerprint density at radius 2 is 2.26 bits per heavy atom. The zero-order valence-electron chi connectivity index (χ0n) is 13.3. The number of phenolic OH excluding ortho intramolecular Hbond substituents is 1. The smallest absolute Gasteiger partial charge is 0.116 e. The second kappa shape index (κ2) is 4.62. The second-order valence-electron chi connectivity index (χ2n) is 7.26. The number of aliphatic hydroxyl groups excluding tert-OH is 1. The van der Waals surface area contributed by atoms with Gasteiger partial charge in [-0.15, -0.1) is 0 Å². The van der Waals surface area contributed by atoms with Crippen LogP contribution in [0.3, 0.4) is 0 Å². The van der Waals surface area contributed by atoms with Gasteiger partial charge in [-0.05, 0) is 49.4 Å². The monoisotopic (exact) mass is 310 g/mol. The Morgan fingerprint density at radius 1 is 1.39 bits per heavy atom. The van der Waals surface area contributed by atoms with E-state index >= 15 is 0 Å². The predicted octanol–water partition coefficient (Wildman–Crippen LogP) is 2.73. The molecule has 0 saturated carbocycles. The summed E-state index contributed by atoms with van der Waals surface area (Å²) in [6.07, 6.45) is 4.31. The normalized spacial score (nSPS) is 36.6. The van der Waals surface area contributed by atoms with Crippen LogP contribution in [0, 0.1) is 11.8 Å². The number of benzene rings is 1. The summed E-state index contributed by atoms with van der Waals surface area (Å²) in [4.78, 5) is 6.21. The van der Waals surface area contributed by atoms with Crippen molar-refractivity contribution in [2.24, 2.45) is 11.8 Å². The molecule has 120 valence electrons. The van der Waals surface area contributed by atoms with Crippen molar-refractivity contribution >= 4 is 10.9 Å². The first-order valence-corrected chi connectivity index (χ1v) is 8.56. The number of aromatic hydroxyl groups is 1. The molecule has 0 amide bonds. The third kappa shape index (κ3) is 1.68. The number of aromatic amines is 1. The largest absolute Gasteiger partial charge is 0.508 e. The Bertz CT molecular complexity index is 822. The van der Waals surface area contributed by atoms with Gasteiger partial charge in [0.15, 0.2) is 0 Å². The first kappa shape index (κ1) is 13.6. The van der Waals surface area contributed by atoms with Crippen LogP contribution >= 0.6 is 0 Å². The van der Waals surface area contributed by atoms with E-state index in [1.54, 1.807) is 6.07 Å². The van der Waals surface area contributed by atoms with Crippen LogP contribution in [0.4, 0.5) is 0 Å². The predicted molar refractivity (Wildman–Crippen MR) is 89.3 cm³/mol. The molecular formula is C19H22N2O2. The molecule has 4 heteroatoms. The number of nitrogens with one attached hydrogen (secondary N) is 1. The standard InChI is InChI=1S/C19H22N2O2/c1-2-10-8-21-17-7-14-13-5-11(23)3-4-16(13)20-19(14)18(21)6-12(10)15(17)9-22/h2-5,12,15,17-18,20,22-23H,6-9H2,1H3/b10-2-/t12-,15?,17-,18-/m1/s1. The first-order chi connectivity index (χ1) is 11.2. The number of rotatable bonds is 1. The maximum Gasteiger partial charge on any atom is 0.116 e. The van der Waals surface area contributed by atoms with E-state index in [1.807, 2.05) is 12.1 Å². The molecule has 1 aromatic heterocycles. The van der Waals surface area contributed by atoms with Crippen LogP contribution < -0.4 is 0 Å². The number of piperidine rings is 3. The minimum absolute atomic E-state index is 0.263. The van der Waals surface area contributed by atoms with Crippen molar-refractivity contribution in [3.63, 3.8) is 0 Å². The molecule has 4 nitrogen and oxygen atoms in total. The molecule has 0 radical (unpaired) electrons. The van der Waals surface area contributed by atoms with Gasteiger partial charge in [-0.2, -0.15) is 0 Å². The zero-order valence-corrected chi connectivity index (χ0v) is 13.3. The van der Waals surface area contributed by atoms with Crippen molar-refractivity contribution in [3.05, 3.63) is 41.1 Å². The average molecular weight is 310 g/mol. The van der Waals surface area contributed by atoms with Gasteiger partial charge in [0.25, 0.3) is 0 Å². The molecule has 2 aromatic rings. The van der Waals surface area contributed by atoms with E-state index in [0.29, 0.717) is 29.7 Å². The fraction of sp³-hybridized carbons (Fsp3) is 0.474. The van der Waals surface area contributed by atoms with Crippen LogP contribution in [0.15, 0.2) is 29.8 Å². The van der Waals surface area contributed by atoms with Crippen LogP contribution in [-0.4, -0.2) is 39.3 Å². The van der Waals surface area contributed by atoms with E-state index in [9.17, 15) is 10.2 Å². The van der Waals surface area contributed by atoms with E-state index < -0.39 is 0 Å². The molecule has 4 aliphatic heterocycles. The Balaban J connectivity index is 1.68. The van der Waals surface area contributed by atoms with E-state index in [4.69, 9.17) is 0 Å². The number of phenols is 1. The molecule has 3 saturated heterocycles. The van der Waals surface area contributed by atoms with Crippen molar-refractivity contribution in [3.8, 4) is 5.75 Å². The van der Waals surface area contributed by atoms with E-state index in [2.05, 4.69) is 22.9 Å². The highest BCUT2D eigenvalue weighted by Gasteiger charge is 2.52. The lowest BCUT2D eigenvalue weighted by Crippen LogP contribution is -2.60. The van der Waals surface area contributed by atoms with Crippen LogP contribution in [0.5, 0.6) is 5.75 Å². The van der Waals surface area contributed by atoms with Crippen molar-refractivity contribution < 1.29 is 10.2 Å². The van der Waals surface area contributed by atoms with E-state index in [-0.39, 0.29) is 6.61 Å². The fourth-order valence-electron chi connectivity index (χ4n) is 5.35. The summed E-state index contributed by atoms with van der Waals surface area (Å²) >= 11 is 0. The SMILES string of the molecule is C/C=C1/CN2[C@@H]3C[C@H]1C(CO)[C@H]2Cc1c3[nH]c2ccc(O)cc12. The number of fused-ring (bicyclic) bond motifs is 4. The average Bonchev–Trinajstić information content (AvgIpc) is 2.92. The van der Waals surface area contributed by atoms with Crippen molar-refractivity contribution in [2.75, 3.05) is 13.2 Å². The molecule has 4 aliphatic rings. The third-order valence-electron chi connectivity index (χ3n) is 6.41. The van der Waals surface area contributed by atoms with E-state index in [1.165, 1.54) is 16.8 Å². The summed E-state index contributed by atoms with van der Waals surface area (Å²) in [7, 11) is 0. The second-order valence-corrected chi connectivity index (χ2v) is 7.26. The Hall–Kier alpha value is -1.78. The minimum atomic E-state index is 0.263. The Morgan fingerprint density at radius 3 is 3.04 bits per heavy atom. The summed E-state index contributed by atoms with van der Waals surface area (Å²) in [6.45, 7) is 3.42. The molecule has 0 aliphatic carbocycles. The number of hydrogen-bond donors (Lipinski definition) is 3. The van der Waals surface area contributed by atoms with Gasteiger partial charge in [0, 0.05) is 41.7 Å².